The lowest BCUT2D eigenvalue weighted by atomic mass is 10.1. The van der Waals surface area contributed by atoms with Gasteiger partial charge in [-0.3, -0.25) is 9.52 Å². The van der Waals surface area contributed by atoms with Crippen LogP contribution in [0.4, 0.5) is 11.4 Å². The molecule has 2 rings (SSSR count). The number of carbonyl (C=O) groups excluding carboxylic acids is 1. The van der Waals surface area contributed by atoms with E-state index in [0.29, 0.717) is 23.5 Å². The summed E-state index contributed by atoms with van der Waals surface area (Å²) >= 11 is 3.41. The smallest absolute Gasteiger partial charge is 0.229 e. The summed E-state index contributed by atoms with van der Waals surface area (Å²) in [5, 5.41) is 2.81. The van der Waals surface area contributed by atoms with Gasteiger partial charge in [0.05, 0.1) is 19.1 Å². The Labute approximate surface area is 168 Å². The highest BCUT2D eigenvalue weighted by atomic mass is 79.9. The Hall–Kier alpha value is -2.06. The number of methoxy groups -OCH3 is 1. The fourth-order valence-electron chi connectivity index (χ4n) is 2.54. The summed E-state index contributed by atoms with van der Waals surface area (Å²) < 4.78 is 31.3. The van der Waals surface area contributed by atoms with Crippen LogP contribution in [0.25, 0.3) is 0 Å². The molecule has 0 saturated carbocycles. The zero-order valence-electron chi connectivity index (χ0n) is 15.3. The maximum Gasteiger partial charge on any atom is 0.229 e. The Morgan fingerprint density at radius 2 is 1.81 bits per heavy atom. The van der Waals surface area contributed by atoms with E-state index in [1.165, 1.54) is 12.7 Å². The summed E-state index contributed by atoms with van der Waals surface area (Å²) in [7, 11) is -1.96. The molecule has 0 unspecified atom stereocenters. The minimum Gasteiger partial charge on any atom is -0.494 e. The predicted molar refractivity (Wildman–Crippen MR) is 112 cm³/mol. The molecule has 0 spiro atoms. The first-order valence-corrected chi connectivity index (χ1v) is 11.2. The van der Waals surface area contributed by atoms with Gasteiger partial charge in [0.25, 0.3) is 0 Å². The van der Waals surface area contributed by atoms with E-state index in [0.717, 1.165) is 30.0 Å². The molecule has 146 valence electrons. The molecule has 0 aliphatic carbocycles. The molecule has 1 amide bonds. The quantitative estimate of drug-likeness (QED) is 0.556. The van der Waals surface area contributed by atoms with Gasteiger partial charge in [-0.25, -0.2) is 8.42 Å². The van der Waals surface area contributed by atoms with Crippen molar-refractivity contribution in [3.63, 3.8) is 0 Å². The van der Waals surface area contributed by atoms with Gasteiger partial charge >= 0.3 is 0 Å². The summed E-state index contributed by atoms with van der Waals surface area (Å²) in [6.45, 7) is 0. The largest absolute Gasteiger partial charge is 0.494 e. The number of carbonyl (C=O) groups is 1. The second-order valence-corrected chi connectivity index (χ2v) is 8.84. The van der Waals surface area contributed by atoms with Crippen molar-refractivity contribution in [1.82, 2.24) is 0 Å². The minimum absolute atomic E-state index is 0.0864. The standard InChI is InChI=1S/C19H23BrN2O4S/c1-26-18-13-16(11-12-17(18)22-27(2,24)25)21-19(23)6-4-3-5-14-7-9-15(20)10-8-14/h7-13,22H,3-6H2,1-2H3,(H,21,23). The minimum atomic E-state index is -3.41. The zero-order valence-corrected chi connectivity index (χ0v) is 17.7. The molecule has 8 heteroatoms. The van der Waals surface area contributed by atoms with Crippen LogP contribution in [-0.2, 0) is 21.2 Å². The highest BCUT2D eigenvalue weighted by Crippen LogP contribution is 2.28. The van der Waals surface area contributed by atoms with Gasteiger partial charge in [0, 0.05) is 22.6 Å². The van der Waals surface area contributed by atoms with Crippen molar-refractivity contribution in [3.05, 3.63) is 52.5 Å². The molecule has 0 bridgehead atoms. The van der Waals surface area contributed by atoms with Gasteiger partial charge in [-0.05, 0) is 49.1 Å². The first kappa shape index (κ1) is 21.2. The van der Waals surface area contributed by atoms with Crippen molar-refractivity contribution in [3.8, 4) is 5.75 Å². The van der Waals surface area contributed by atoms with Gasteiger partial charge in [0.15, 0.2) is 0 Å². The Morgan fingerprint density at radius 3 is 2.44 bits per heavy atom. The lowest BCUT2D eigenvalue weighted by molar-refractivity contribution is -0.116. The third-order valence-electron chi connectivity index (χ3n) is 3.81. The molecule has 0 saturated heterocycles. The van der Waals surface area contributed by atoms with Gasteiger partial charge in [0.2, 0.25) is 15.9 Å². The van der Waals surface area contributed by atoms with Crippen molar-refractivity contribution in [1.29, 1.82) is 0 Å². The molecule has 27 heavy (non-hydrogen) atoms. The van der Waals surface area contributed by atoms with E-state index < -0.39 is 10.0 Å². The predicted octanol–water partition coefficient (Wildman–Crippen LogP) is 4.18. The number of hydrogen-bond acceptors (Lipinski definition) is 4. The lowest BCUT2D eigenvalue weighted by Crippen LogP contribution is -2.13. The van der Waals surface area contributed by atoms with Crippen molar-refractivity contribution in [2.45, 2.75) is 25.7 Å². The fraction of sp³-hybridized carbons (Fsp3) is 0.316. The van der Waals surface area contributed by atoms with E-state index in [-0.39, 0.29) is 5.91 Å². The zero-order chi connectivity index (χ0) is 19.9. The summed E-state index contributed by atoms with van der Waals surface area (Å²) in [6.07, 6.45) is 4.13. The lowest BCUT2D eigenvalue weighted by Gasteiger charge is -2.12. The number of amides is 1. The Balaban J connectivity index is 1.83. The van der Waals surface area contributed by atoms with E-state index in [1.807, 2.05) is 12.1 Å². The van der Waals surface area contributed by atoms with Crippen molar-refractivity contribution in [2.24, 2.45) is 0 Å². The number of nitrogens with one attached hydrogen (secondary N) is 2. The molecule has 0 fully saturated rings. The highest BCUT2D eigenvalue weighted by molar-refractivity contribution is 9.10. The molecule has 2 aromatic rings. The second-order valence-electron chi connectivity index (χ2n) is 6.17. The number of rotatable bonds is 9. The van der Waals surface area contributed by atoms with Crippen LogP contribution in [-0.4, -0.2) is 27.7 Å². The molecule has 0 aliphatic rings. The van der Waals surface area contributed by atoms with Crippen LogP contribution in [0.15, 0.2) is 46.9 Å². The number of anilines is 2. The van der Waals surface area contributed by atoms with Crippen molar-refractivity contribution >= 4 is 43.2 Å². The van der Waals surface area contributed by atoms with E-state index >= 15 is 0 Å². The number of sulfonamides is 1. The fourth-order valence-corrected chi connectivity index (χ4v) is 3.37. The van der Waals surface area contributed by atoms with Gasteiger partial charge in [-0.2, -0.15) is 0 Å². The van der Waals surface area contributed by atoms with Crippen LogP contribution in [0, 0.1) is 0 Å². The maximum absolute atomic E-state index is 12.1. The summed E-state index contributed by atoms with van der Waals surface area (Å²) in [6, 6.07) is 13.0. The van der Waals surface area contributed by atoms with Crippen LogP contribution in [0.5, 0.6) is 5.75 Å². The van der Waals surface area contributed by atoms with E-state index in [1.54, 1.807) is 18.2 Å². The third kappa shape index (κ3) is 7.60. The molecule has 6 nitrogen and oxygen atoms in total. The Kier molecular flexibility index (Phi) is 7.67. The maximum atomic E-state index is 12.1. The second kappa shape index (κ2) is 9.75. The van der Waals surface area contributed by atoms with E-state index in [2.05, 4.69) is 38.1 Å². The Morgan fingerprint density at radius 1 is 1.11 bits per heavy atom. The van der Waals surface area contributed by atoms with Crippen molar-refractivity contribution < 1.29 is 17.9 Å². The van der Waals surface area contributed by atoms with E-state index in [9.17, 15) is 13.2 Å². The monoisotopic (exact) mass is 454 g/mol. The van der Waals surface area contributed by atoms with Crippen LogP contribution >= 0.6 is 15.9 Å². The van der Waals surface area contributed by atoms with Gasteiger partial charge in [0.1, 0.15) is 5.75 Å². The van der Waals surface area contributed by atoms with E-state index in [4.69, 9.17) is 4.74 Å². The molecule has 0 aromatic heterocycles. The van der Waals surface area contributed by atoms with Crippen molar-refractivity contribution in [2.75, 3.05) is 23.4 Å². The van der Waals surface area contributed by atoms with Gasteiger partial charge in [-0.1, -0.05) is 28.1 Å². The first-order chi connectivity index (χ1) is 12.8. The SMILES string of the molecule is COc1cc(NC(=O)CCCCc2ccc(Br)cc2)ccc1NS(C)(=O)=O. The number of benzene rings is 2. The molecule has 0 heterocycles. The summed E-state index contributed by atoms with van der Waals surface area (Å²) in [5.74, 6) is 0.255. The number of hydrogen-bond donors (Lipinski definition) is 2. The van der Waals surface area contributed by atoms with Gasteiger partial charge in [-0.15, -0.1) is 0 Å². The highest BCUT2D eigenvalue weighted by Gasteiger charge is 2.10. The number of aryl methyl sites for hydroxylation is 1. The number of unbranched alkanes of at least 4 members (excludes halogenated alkanes) is 1. The average molecular weight is 455 g/mol. The third-order valence-corrected chi connectivity index (χ3v) is 4.93. The molecular weight excluding hydrogens is 432 g/mol. The molecule has 0 atom stereocenters. The average Bonchev–Trinajstić information content (AvgIpc) is 2.60. The summed E-state index contributed by atoms with van der Waals surface area (Å²) in [5.41, 5.74) is 2.13. The topological polar surface area (TPSA) is 84.5 Å². The van der Waals surface area contributed by atoms with Gasteiger partial charge < -0.3 is 10.1 Å². The number of ether oxygens (including phenoxy) is 1. The normalized spacial score (nSPS) is 11.1. The molecular formula is C19H23BrN2O4S. The molecule has 2 N–H and O–H groups in total. The molecule has 0 aliphatic heterocycles. The molecule has 2 aromatic carbocycles. The Bertz CT molecular complexity index is 883. The summed E-state index contributed by atoms with van der Waals surface area (Å²) in [4.78, 5) is 12.1. The number of halogens is 1. The molecule has 0 radical (unpaired) electrons. The van der Waals surface area contributed by atoms with Crippen LogP contribution in [0.1, 0.15) is 24.8 Å². The van der Waals surface area contributed by atoms with Crippen LogP contribution in [0.2, 0.25) is 0 Å². The van der Waals surface area contributed by atoms with Crippen LogP contribution in [0.3, 0.4) is 0 Å². The van der Waals surface area contributed by atoms with Crippen LogP contribution < -0.4 is 14.8 Å². The first-order valence-electron chi connectivity index (χ1n) is 8.47.